The van der Waals surface area contributed by atoms with Crippen molar-refractivity contribution in [2.45, 2.75) is 0 Å². The van der Waals surface area contributed by atoms with Gasteiger partial charge in [0.25, 0.3) is 0 Å². The molecule has 0 aromatic heterocycles. The van der Waals surface area contributed by atoms with E-state index < -0.39 is 23.3 Å². The first-order valence-corrected chi connectivity index (χ1v) is 12.7. The zero-order chi connectivity index (χ0) is 29.1. The molecule has 0 saturated heterocycles. The highest BCUT2D eigenvalue weighted by Crippen LogP contribution is 2.35. The standard InChI is InChI=1S/C34H14F4N4/c35-29-7-3-19(11-31(29)37)17-1-5-21-23-13-28-24(14-27(23)33(41-15-39)25(21)9-17)22-6-2-18(10-26(22)34(28)42-16-40)20-4-8-30(36)32(38)12-20/h1-14H. The molecule has 0 radical (unpaired) electrons. The van der Waals surface area contributed by atoms with E-state index in [1.807, 2.05) is 36.7 Å². The maximum absolute atomic E-state index is 14.0. The molecule has 0 amide bonds. The summed E-state index contributed by atoms with van der Waals surface area (Å²) in [4.78, 5) is 8.24. The molecule has 0 unspecified atom stereocenters. The van der Waals surface area contributed by atoms with Crippen LogP contribution in [0.5, 0.6) is 0 Å². The molecule has 0 aliphatic carbocycles. The van der Waals surface area contributed by atoms with Crippen LogP contribution < -0.4 is 10.7 Å². The molecule has 0 spiro atoms. The second-order valence-corrected chi connectivity index (χ2v) is 9.84. The lowest BCUT2D eigenvalue weighted by molar-refractivity contribution is 0.509. The molecule has 0 fully saturated rings. The Labute approximate surface area is 234 Å². The minimum atomic E-state index is -0.964. The van der Waals surface area contributed by atoms with Crippen molar-refractivity contribution in [2.75, 3.05) is 0 Å². The van der Waals surface area contributed by atoms with Crippen LogP contribution in [-0.2, 0) is 0 Å². The molecule has 7 aromatic carbocycles. The van der Waals surface area contributed by atoms with Crippen LogP contribution in [0.1, 0.15) is 0 Å². The van der Waals surface area contributed by atoms with Gasteiger partial charge < -0.3 is 0 Å². The van der Waals surface area contributed by atoms with Crippen LogP contribution in [0.15, 0.2) is 94.9 Å². The highest BCUT2D eigenvalue weighted by Gasteiger charge is 2.17. The Morgan fingerprint density at radius 2 is 0.738 bits per heavy atom. The van der Waals surface area contributed by atoms with Crippen LogP contribution in [0.4, 0.5) is 17.6 Å². The van der Waals surface area contributed by atoms with Crippen molar-refractivity contribution in [2.24, 2.45) is 9.98 Å². The number of rotatable bonds is 2. The van der Waals surface area contributed by atoms with E-state index in [0.29, 0.717) is 54.5 Å². The lowest BCUT2D eigenvalue weighted by Gasteiger charge is -2.03. The number of nitriles is 2. The van der Waals surface area contributed by atoms with Crippen LogP contribution in [-0.4, -0.2) is 0 Å². The van der Waals surface area contributed by atoms with Crippen LogP contribution in [0.3, 0.4) is 0 Å². The Balaban J connectivity index is 1.53. The van der Waals surface area contributed by atoms with E-state index in [2.05, 4.69) is 9.98 Å². The number of fused-ring (bicyclic) bond motifs is 6. The van der Waals surface area contributed by atoms with Gasteiger partial charge in [0.15, 0.2) is 23.3 Å². The van der Waals surface area contributed by atoms with Crippen molar-refractivity contribution in [3.63, 3.8) is 0 Å². The van der Waals surface area contributed by atoms with Gasteiger partial charge in [-0.1, -0.05) is 36.4 Å². The minimum Gasteiger partial charge on any atom is -0.204 e. The Kier molecular flexibility index (Phi) is 5.60. The maximum Gasteiger partial charge on any atom is 0.206 e. The van der Waals surface area contributed by atoms with Crippen LogP contribution in [0, 0.1) is 46.2 Å². The SMILES string of the molecule is N#CN=c1c2cc(-c3ccc(F)c(F)c3)ccc2c2cc3c(=NC#N)c4cc(-c5ccc(F)c(F)c5)ccc4c3cc12. The molecule has 0 aliphatic heterocycles. The first kappa shape index (κ1) is 25.1. The fourth-order valence-corrected chi connectivity index (χ4v) is 5.73. The maximum atomic E-state index is 14.0. The number of benzene rings is 5. The first-order valence-electron chi connectivity index (χ1n) is 12.7. The lowest BCUT2D eigenvalue weighted by atomic mass is 10.0. The van der Waals surface area contributed by atoms with Gasteiger partial charge in [0.2, 0.25) is 12.4 Å². The molecule has 7 aromatic rings. The molecule has 7 rings (SSSR count). The Hall–Kier alpha value is -5.86. The summed E-state index contributed by atoms with van der Waals surface area (Å²) in [6.45, 7) is 0. The minimum absolute atomic E-state index is 0.431. The summed E-state index contributed by atoms with van der Waals surface area (Å²) in [6, 6.07) is 21.9. The molecule has 0 atom stereocenters. The molecule has 0 bridgehead atoms. The molecular weight excluding hydrogens is 540 g/mol. The third-order valence-corrected chi connectivity index (χ3v) is 7.63. The van der Waals surface area contributed by atoms with Gasteiger partial charge in [0.1, 0.15) is 0 Å². The zero-order valence-corrected chi connectivity index (χ0v) is 21.4. The number of halogens is 4. The Bertz CT molecular complexity index is 2320. The van der Waals surface area contributed by atoms with E-state index in [9.17, 15) is 28.1 Å². The third kappa shape index (κ3) is 3.74. The second kappa shape index (κ2) is 9.36. The normalized spacial score (nSPS) is 12.5. The Morgan fingerprint density at radius 3 is 1.12 bits per heavy atom. The predicted molar refractivity (Wildman–Crippen MR) is 152 cm³/mol. The Morgan fingerprint density at radius 1 is 0.381 bits per heavy atom. The van der Waals surface area contributed by atoms with Gasteiger partial charge in [0, 0.05) is 21.5 Å². The van der Waals surface area contributed by atoms with E-state index in [-0.39, 0.29) is 0 Å². The van der Waals surface area contributed by atoms with Crippen LogP contribution >= 0.6 is 0 Å². The monoisotopic (exact) mass is 554 g/mol. The van der Waals surface area contributed by atoms with E-state index in [4.69, 9.17) is 0 Å². The van der Waals surface area contributed by atoms with Gasteiger partial charge in [-0.05, 0) is 92.3 Å². The van der Waals surface area contributed by atoms with E-state index in [1.54, 1.807) is 24.3 Å². The van der Waals surface area contributed by atoms with Gasteiger partial charge in [0.05, 0.1) is 10.7 Å². The summed E-state index contributed by atoms with van der Waals surface area (Å²) in [7, 11) is 0. The van der Waals surface area contributed by atoms with Crippen LogP contribution in [0.25, 0.3) is 65.3 Å². The van der Waals surface area contributed by atoms with Gasteiger partial charge in [-0.25, -0.2) is 17.6 Å². The largest absolute Gasteiger partial charge is 0.206 e. The van der Waals surface area contributed by atoms with Crippen LogP contribution in [0.2, 0.25) is 0 Å². The third-order valence-electron chi connectivity index (χ3n) is 7.63. The van der Waals surface area contributed by atoms with Crippen molar-refractivity contribution in [3.8, 4) is 34.6 Å². The predicted octanol–water partition coefficient (Wildman–Crippen LogP) is 7.83. The van der Waals surface area contributed by atoms with E-state index in [1.165, 1.54) is 12.1 Å². The first-order chi connectivity index (χ1) is 20.4. The zero-order valence-electron chi connectivity index (χ0n) is 21.4. The molecule has 4 nitrogen and oxygen atoms in total. The van der Waals surface area contributed by atoms with E-state index in [0.717, 1.165) is 45.8 Å². The van der Waals surface area contributed by atoms with Gasteiger partial charge in [-0.15, -0.1) is 0 Å². The second-order valence-electron chi connectivity index (χ2n) is 9.84. The highest BCUT2D eigenvalue weighted by atomic mass is 19.2. The number of hydrogen-bond donors (Lipinski definition) is 0. The van der Waals surface area contributed by atoms with Crippen molar-refractivity contribution in [3.05, 3.63) is 119 Å². The molecule has 198 valence electrons. The fourth-order valence-electron chi connectivity index (χ4n) is 5.73. The summed E-state index contributed by atoms with van der Waals surface area (Å²) in [5.41, 5.74) is 2.20. The summed E-state index contributed by atoms with van der Waals surface area (Å²) >= 11 is 0. The van der Waals surface area contributed by atoms with E-state index >= 15 is 0 Å². The topological polar surface area (TPSA) is 72.3 Å². The summed E-state index contributed by atoms with van der Waals surface area (Å²) in [6.07, 6.45) is 3.74. The van der Waals surface area contributed by atoms with Crippen molar-refractivity contribution >= 4 is 43.1 Å². The van der Waals surface area contributed by atoms with Gasteiger partial charge in [-0.3, -0.25) is 0 Å². The molecule has 0 N–H and O–H groups in total. The quantitative estimate of drug-likeness (QED) is 0.161. The number of nitrogens with zero attached hydrogens (tertiary/aromatic N) is 4. The molecular formula is C34H14F4N4. The van der Waals surface area contributed by atoms with Crippen molar-refractivity contribution < 1.29 is 17.6 Å². The summed E-state index contributed by atoms with van der Waals surface area (Å²) < 4.78 is 55.0. The van der Waals surface area contributed by atoms with Gasteiger partial charge >= 0.3 is 0 Å². The van der Waals surface area contributed by atoms with Crippen molar-refractivity contribution in [1.29, 1.82) is 10.5 Å². The average molecular weight is 555 g/mol. The average Bonchev–Trinajstić information content (AvgIpc) is 3.46. The molecule has 8 heteroatoms. The molecule has 42 heavy (non-hydrogen) atoms. The summed E-state index contributed by atoms with van der Waals surface area (Å²) in [5.74, 6) is -3.81. The smallest absolute Gasteiger partial charge is 0.204 e. The van der Waals surface area contributed by atoms with Crippen molar-refractivity contribution in [1.82, 2.24) is 0 Å². The fraction of sp³-hybridized carbons (Fsp3) is 0. The highest BCUT2D eigenvalue weighted by molar-refractivity contribution is 6.21. The molecule has 0 heterocycles. The summed E-state index contributed by atoms with van der Waals surface area (Å²) in [5, 5.41) is 25.7. The molecule has 0 aliphatic rings. The molecule has 0 saturated carbocycles. The van der Waals surface area contributed by atoms with Gasteiger partial charge in [-0.2, -0.15) is 20.5 Å². The number of hydrogen-bond acceptors (Lipinski definition) is 4. The lowest BCUT2D eigenvalue weighted by Crippen LogP contribution is -1.99.